The number of carbonyl (C=O) groups is 1. The first kappa shape index (κ1) is 19.1. The van der Waals surface area contributed by atoms with E-state index < -0.39 is 0 Å². The van der Waals surface area contributed by atoms with E-state index in [9.17, 15) is 4.79 Å². The molecule has 0 unspecified atom stereocenters. The fourth-order valence-corrected chi connectivity index (χ4v) is 4.28. The summed E-state index contributed by atoms with van der Waals surface area (Å²) < 4.78 is 2.20. The first-order valence-electron chi connectivity index (χ1n) is 10.4. The van der Waals surface area contributed by atoms with Crippen LogP contribution in [0.15, 0.2) is 36.8 Å². The van der Waals surface area contributed by atoms with E-state index in [1.807, 2.05) is 41.7 Å². The highest BCUT2D eigenvalue weighted by Crippen LogP contribution is 2.27. The number of imidazole rings is 1. The number of piperidine rings is 1. The summed E-state index contributed by atoms with van der Waals surface area (Å²) in [5, 5.41) is 0. The SMILES string of the molecule is O=C(CCCC1CNNC1)N1CCC(c2nccn2Cc2ccccn2)CC1. The smallest absolute Gasteiger partial charge is 0.222 e. The average molecular weight is 383 g/mol. The van der Waals surface area contributed by atoms with Gasteiger partial charge in [0.2, 0.25) is 5.91 Å². The van der Waals surface area contributed by atoms with Crippen LogP contribution in [-0.4, -0.2) is 51.5 Å². The standard InChI is InChI=1S/C21H30N6O/c28-20(6-3-4-17-14-24-25-15-17)26-11-7-18(8-12-26)21-23-10-13-27(21)16-19-5-1-2-9-22-19/h1-2,5,9-10,13,17-18,24-25H,3-4,6-8,11-12,14-16H2. The molecule has 2 N–H and O–H groups in total. The molecule has 150 valence electrons. The van der Waals surface area contributed by atoms with Gasteiger partial charge in [-0.1, -0.05) is 6.07 Å². The lowest BCUT2D eigenvalue weighted by Crippen LogP contribution is -2.38. The summed E-state index contributed by atoms with van der Waals surface area (Å²) in [6.45, 7) is 4.47. The van der Waals surface area contributed by atoms with Crippen LogP contribution < -0.4 is 10.9 Å². The molecular weight excluding hydrogens is 352 g/mol. The molecule has 2 saturated heterocycles. The van der Waals surface area contributed by atoms with Crippen molar-refractivity contribution in [1.82, 2.24) is 30.3 Å². The van der Waals surface area contributed by atoms with E-state index >= 15 is 0 Å². The third-order valence-corrected chi connectivity index (χ3v) is 5.93. The number of hydrogen-bond acceptors (Lipinski definition) is 5. The van der Waals surface area contributed by atoms with Gasteiger partial charge in [-0.25, -0.2) is 4.98 Å². The van der Waals surface area contributed by atoms with Gasteiger partial charge < -0.3 is 9.47 Å². The number of nitrogens with zero attached hydrogens (tertiary/aromatic N) is 4. The first-order chi connectivity index (χ1) is 13.8. The van der Waals surface area contributed by atoms with Crippen molar-refractivity contribution in [2.75, 3.05) is 26.2 Å². The molecule has 2 aromatic heterocycles. The molecule has 0 radical (unpaired) electrons. The topological polar surface area (TPSA) is 75.1 Å². The van der Waals surface area contributed by atoms with Crippen LogP contribution in [0.4, 0.5) is 0 Å². The second-order valence-corrected chi connectivity index (χ2v) is 7.91. The van der Waals surface area contributed by atoms with Gasteiger partial charge in [-0.2, -0.15) is 0 Å². The molecule has 2 aromatic rings. The van der Waals surface area contributed by atoms with Crippen molar-refractivity contribution in [3.8, 4) is 0 Å². The fourth-order valence-electron chi connectivity index (χ4n) is 4.28. The number of rotatable bonds is 7. The van der Waals surface area contributed by atoms with Crippen LogP contribution in [-0.2, 0) is 11.3 Å². The van der Waals surface area contributed by atoms with Crippen LogP contribution in [0.3, 0.4) is 0 Å². The molecule has 0 aliphatic carbocycles. The molecule has 4 heterocycles. The van der Waals surface area contributed by atoms with E-state index in [0.717, 1.165) is 69.9 Å². The molecule has 0 saturated carbocycles. The highest BCUT2D eigenvalue weighted by atomic mass is 16.2. The zero-order valence-corrected chi connectivity index (χ0v) is 16.4. The zero-order valence-electron chi connectivity index (χ0n) is 16.4. The predicted molar refractivity (Wildman–Crippen MR) is 107 cm³/mol. The van der Waals surface area contributed by atoms with Gasteiger partial charge in [0.25, 0.3) is 0 Å². The van der Waals surface area contributed by atoms with E-state index in [0.29, 0.717) is 24.2 Å². The van der Waals surface area contributed by atoms with Crippen molar-refractivity contribution in [1.29, 1.82) is 0 Å². The maximum absolute atomic E-state index is 12.5. The molecule has 0 aromatic carbocycles. The highest BCUT2D eigenvalue weighted by molar-refractivity contribution is 5.76. The predicted octanol–water partition coefficient (Wildman–Crippen LogP) is 1.93. The lowest BCUT2D eigenvalue weighted by Gasteiger charge is -2.32. The number of likely N-dealkylation sites (tertiary alicyclic amines) is 1. The first-order valence-corrected chi connectivity index (χ1v) is 10.4. The lowest BCUT2D eigenvalue weighted by molar-refractivity contribution is -0.132. The number of carbonyl (C=O) groups excluding carboxylic acids is 1. The third kappa shape index (κ3) is 4.77. The van der Waals surface area contributed by atoms with Gasteiger partial charge in [0, 0.05) is 57.1 Å². The summed E-state index contributed by atoms with van der Waals surface area (Å²) in [5.41, 5.74) is 7.35. The van der Waals surface area contributed by atoms with E-state index in [1.54, 1.807) is 0 Å². The summed E-state index contributed by atoms with van der Waals surface area (Å²) >= 11 is 0. The lowest BCUT2D eigenvalue weighted by atomic mass is 9.95. The molecule has 1 amide bonds. The Morgan fingerprint density at radius 3 is 2.68 bits per heavy atom. The van der Waals surface area contributed by atoms with E-state index in [2.05, 4.69) is 25.4 Å². The molecule has 7 nitrogen and oxygen atoms in total. The van der Waals surface area contributed by atoms with E-state index in [1.165, 1.54) is 0 Å². The molecule has 0 bridgehead atoms. The second-order valence-electron chi connectivity index (χ2n) is 7.91. The Bertz CT molecular complexity index is 747. The number of aromatic nitrogens is 3. The van der Waals surface area contributed by atoms with E-state index in [4.69, 9.17) is 0 Å². The minimum atomic E-state index is 0.314. The monoisotopic (exact) mass is 382 g/mol. The highest BCUT2D eigenvalue weighted by Gasteiger charge is 2.26. The van der Waals surface area contributed by atoms with Gasteiger partial charge in [-0.3, -0.25) is 20.6 Å². The van der Waals surface area contributed by atoms with Gasteiger partial charge in [0.15, 0.2) is 0 Å². The van der Waals surface area contributed by atoms with Gasteiger partial charge in [-0.15, -0.1) is 0 Å². The van der Waals surface area contributed by atoms with Crippen LogP contribution in [0.2, 0.25) is 0 Å². The maximum atomic E-state index is 12.5. The molecule has 28 heavy (non-hydrogen) atoms. The van der Waals surface area contributed by atoms with Crippen LogP contribution in [0.5, 0.6) is 0 Å². The molecule has 4 rings (SSSR count). The number of hydrogen-bond donors (Lipinski definition) is 2. The summed E-state index contributed by atoms with van der Waals surface area (Å²) in [6, 6.07) is 6.00. The van der Waals surface area contributed by atoms with Gasteiger partial charge in [0.05, 0.1) is 12.2 Å². The largest absolute Gasteiger partial charge is 0.343 e. The minimum absolute atomic E-state index is 0.314. The quantitative estimate of drug-likeness (QED) is 0.765. The average Bonchev–Trinajstić information content (AvgIpc) is 3.41. The van der Waals surface area contributed by atoms with Gasteiger partial charge in [-0.05, 0) is 43.7 Å². The van der Waals surface area contributed by atoms with Crippen LogP contribution in [0, 0.1) is 5.92 Å². The van der Waals surface area contributed by atoms with Crippen LogP contribution in [0.1, 0.15) is 49.5 Å². The minimum Gasteiger partial charge on any atom is -0.343 e. The molecule has 0 spiro atoms. The summed E-state index contributed by atoms with van der Waals surface area (Å²) in [7, 11) is 0. The fraction of sp³-hybridized carbons (Fsp3) is 0.571. The van der Waals surface area contributed by atoms with Gasteiger partial charge >= 0.3 is 0 Å². The van der Waals surface area contributed by atoms with Crippen molar-refractivity contribution < 1.29 is 4.79 Å². The van der Waals surface area contributed by atoms with Crippen LogP contribution in [0.25, 0.3) is 0 Å². The Morgan fingerprint density at radius 1 is 1.11 bits per heavy atom. The Balaban J connectivity index is 1.25. The van der Waals surface area contributed by atoms with Crippen molar-refractivity contribution in [3.05, 3.63) is 48.3 Å². The number of pyridine rings is 1. The maximum Gasteiger partial charge on any atom is 0.222 e. The number of nitrogens with one attached hydrogen (secondary N) is 2. The third-order valence-electron chi connectivity index (χ3n) is 5.93. The molecule has 2 fully saturated rings. The van der Waals surface area contributed by atoms with Crippen LogP contribution >= 0.6 is 0 Å². The molecule has 2 aliphatic heterocycles. The summed E-state index contributed by atoms with van der Waals surface area (Å²) in [4.78, 5) is 23.6. The number of hydrazine groups is 1. The molecule has 7 heteroatoms. The van der Waals surface area contributed by atoms with Crippen molar-refractivity contribution in [3.63, 3.8) is 0 Å². The molecule has 2 aliphatic rings. The normalized spacial score (nSPS) is 18.6. The summed E-state index contributed by atoms with van der Waals surface area (Å²) in [6.07, 6.45) is 10.5. The Morgan fingerprint density at radius 2 is 1.93 bits per heavy atom. The zero-order chi connectivity index (χ0) is 19.2. The Labute approximate surface area is 166 Å². The van der Waals surface area contributed by atoms with Crippen molar-refractivity contribution in [2.45, 2.75) is 44.6 Å². The van der Waals surface area contributed by atoms with Gasteiger partial charge in [0.1, 0.15) is 5.82 Å². The Hall–Kier alpha value is -2.25. The Kier molecular flexibility index (Phi) is 6.34. The van der Waals surface area contributed by atoms with E-state index in [-0.39, 0.29) is 0 Å². The van der Waals surface area contributed by atoms with Crippen molar-refractivity contribution >= 4 is 5.91 Å². The molecular formula is C21H30N6O. The molecule has 0 atom stereocenters. The van der Waals surface area contributed by atoms with Crippen molar-refractivity contribution in [2.24, 2.45) is 5.92 Å². The number of amides is 1. The summed E-state index contributed by atoms with van der Waals surface area (Å²) in [5.74, 6) is 2.52. The second kappa shape index (κ2) is 9.30.